The maximum Gasteiger partial charge on any atom is 0.472 e. The van der Waals surface area contributed by atoms with Gasteiger partial charge in [-0.15, -0.1) is 0 Å². The first-order chi connectivity index (χ1) is 19.8. The molecular weight excluding hydrogens is 565 g/mol. The van der Waals surface area contributed by atoms with E-state index in [2.05, 4.69) is 37.3 Å². The Morgan fingerprint density at radius 1 is 0.857 bits per heavy atom. The second kappa shape index (κ2) is 23.4. The standard InChI is InChI=1S/C30H52NO10P/c1-6-7-8-9-10-11-12-13-14-15-16-17-19-28(33)29(34)20-18-21-30(35)38-24-27(41-26(2)32)25-40-42(36,37)39-23-22-31(3,4)5/h7-8,10-11,13-14,16-17,27-29,33-34H,6,9,12,15,18-25H2,1-5H3/p+1/b8-7-,11-10-,14-13-,17-16-/t27-,28+,29+/m1/s1. The molecule has 0 amide bonds. The third-order valence-electron chi connectivity index (χ3n) is 5.62. The van der Waals surface area contributed by atoms with Crippen LogP contribution in [0.25, 0.3) is 0 Å². The molecule has 0 spiro atoms. The van der Waals surface area contributed by atoms with Crippen LogP contribution in [-0.4, -0.2) is 97.3 Å². The number of likely N-dealkylation sites (N-methyl/N-ethyl adjacent to an activating group) is 1. The molecule has 1 unspecified atom stereocenters. The number of allylic oxidation sites excluding steroid dienone is 7. The molecule has 0 heterocycles. The van der Waals surface area contributed by atoms with Crippen molar-refractivity contribution in [3.63, 3.8) is 0 Å². The van der Waals surface area contributed by atoms with Gasteiger partial charge in [0.05, 0.1) is 40.0 Å². The number of hydrogen-bond donors (Lipinski definition) is 3. The van der Waals surface area contributed by atoms with E-state index in [4.69, 9.17) is 18.5 Å². The SMILES string of the molecule is CC/C=C\C/C=C\C/C=C\C/C=C\C[C@H](O)[C@@H](O)CCCC(=O)OC[C@H](COP(=O)(O)OCC[N+](C)(C)C)OC(C)=O. The van der Waals surface area contributed by atoms with Crippen LogP contribution < -0.4 is 0 Å². The monoisotopic (exact) mass is 618 g/mol. The summed E-state index contributed by atoms with van der Waals surface area (Å²) in [6, 6.07) is 0. The summed E-state index contributed by atoms with van der Waals surface area (Å²) >= 11 is 0. The first-order valence-electron chi connectivity index (χ1n) is 14.5. The number of phosphoric acid groups is 1. The second-order valence-corrected chi connectivity index (χ2v) is 12.2. The first-order valence-corrected chi connectivity index (χ1v) is 16.0. The maximum absolute atomic E-state index is 12.1. The lowest BCUT2D eigenvalue weighted by Crippen LogP contribution is -2.37. The molecule has 0 aromatic carbocycles. The minimum atomic E-state index is -4.39. The fraction of sp³-hybridized carbons (Fsp3) is 0.667. The third kappa shape index (κ3) is 25.6. The van der Waals surface area contributed by atoms with Crippen LogP contribution in [0.3, 0.4) is 0 Å². The Kier molecular flexibility index (Phi) is 22.2. The van der Waals surface area contributed by atoms with Crippen LogP contribution in [0.2, 0.25) is 0 Å². The van der Waals surface area contributed by atoms with Gasteiger partial charge in [-0.3, -0.25) is 18.6 Å². The van der Waals surface area contributed by atoms with Crippen LogP contribution in [0.1, 0.15) is 65.2 Å². The van der Waals surface area contributed by atoms with Crippen molar-refractivity contribution in [3.8, 4) is 0 Å². The molecule has 0 aliphatic rings. The molecule has 4 atom stereocenters. The molecule has 0 saturated heterocycles. The summed E-state index contributed by atoms with van der Waals surface area (Å²) in [7, 11) is 1.30. The molecule has 0 aliphatic carbocycles. The number of phosphoric ester groups is 1. The van der Waals surface area contributed by atoms with E-state index in [1.807, 2.05) is 39.4 Å². The molecule has 0 rings (SSSR count). The Morgan fingerprint density at radius 2 is 1.43 bits per heavy atom. The number of ether oxygens (including phenoxy) is 2. The highest BCUT2D eigenvalue weighted by Gasteiger charge is 2.26. The summed E-state index contributed by atoms with van der Waals surface area (Å²) in [5, 5.41) is 20.3. The molecule has 242 valence electrons. The van der Waals surface area contributed by atoms with Crippen LogP contribution in [0.4, 0.5) is 0 Å². The first kappa shape index (κ1) is 39.9. The van der Waals surface area contributed by atoms with Crippen LogP contribution in [0, 0.1) is 0 Å². The maximum atomic E-state index is 12.1. The molecule has 3 N–H and O–H groups in total. The molecule has 42 heavy (non-hydrogen) atoms. The van der Waals surface area contributed by atoms with Crippen molar-refractivity contribution in [2.45, 2.75) is 83.5 Å². The molecule has 11 nitrogen and oxygen atoms in total. The number of esters is 2. The van der Waals surface area contributed by atoms with Gasteiger partial charge >= 0.3 is 19.8 Å². The summed E-state index contributed by atoms with van der Waals surface area (Å²) in [5.74, 6) is -1.29. The summed E-state index contributed by atoms with van der Waals surface area (Å²) in [4.78, 5) is 33.3. The van der Waals surface area contributed by atoms with Crippen LogP contribution in [-0.2, 0) is 32.7 Å². The Hall–Kier alpha value is -2.11. The van der Waals surface area contributed by atoms with Gasteiger partial charge in [-0.05, 0) is 44.9 Å². The normalized spacial score (nSPS) is 16.3. The molecular formula is C30H53NO10P+. The van der Waals surface area contributed by atoms with Gasteiger partial charge in [-0.25, -0.2) is 4.57 Å². The van der Waals surface area contributed by atoms with E-state index in [1.54, 1.807) is 0 Å². The minimum absolute atomic E-state index is 0.0194. The van der Waals surface area contributed by atoms with E-state index in [9.17, 15) is 29.3 Å². The van der Waals surface area contributed by atoms with Gasteiger partial charge < -0.3 is 29.1 Å². The number of carbonyl (C=O) groups excluding carboxylic acids is 2. The van der Waals surface area contributed by atoms with Crippen LogP contribution >= 0.6 is 7.82 Å². The van der Waals surface area contributed by atoms with Gasteiger partial charge in [0.25, 0.3) is 0 Å². The largest absolute Gasteiger partial charge is 0.472 e. The Bertz CT molecular complexity index is 910. The van der Waals surface area contributed by atoms with Crippen molar-refractivity contribution in [2.24, 2.45) is 0 Å². The number of hydrogen-bond acceptors (Lipinski definition) is 9. The Morgan fingerprint density at radius 3 is 1.98 bits per heavy atom. The van der Waals surface area contributed by atoms with Crippen molar-refractivity contribution in [3.05, 3.63) is 48.6 Å². The van der Waals surface area contributed by atoms with E-state index in [0.29, 0.717) is 17.4 Å². The second-order valence-electron chi connectivity index (χ2n) is 10.8. The Balaban J connectivity index is 4.28. The van der Waals surface area contributed by atoms with E-state index < -0.39 is 44.7 Å². The zero-order valence-corrected chi connectivity index (χ0v) is 26.8. The van der Waals surface area contributed by atoms with E-state index in [1.165, 1.54) is 0 Å². The molecule has 0 aromatic rings. The van der Waals surface area contributed by atoms with Gasteiger partial charge in [-0.1, -0.05) is 55.5 Å². The summed E-state index contributed by atoms with van der Waals surface area (Å²) in [5.41, 5.74) is 0. The molecule has 0 aliphatic heterocycles. The van der Waals surface area contributed by atoms with Gasteiger partial charge in [0.15, 0.2) is 6.10 Å². The van der Waals surface area contributed by atoms with Crippen LogP contribution in [0.15, 0.2) is 48.6 Å². The number of quaternary nitrogens is 1. The lowest BCUT2D eigenvalue weighted by atomic mass is 10.0. The lowest BCUT2D eigenvalue weighted by molar-refractivity contribution is -0.870. The van der Waals surface area contributed by atoms with Crippen LogP contribution in [0.5, 0.6) is 0 Å². The van der Waals surface area contributed by atoms with Gasteiger partial charge in [0, 0.05) is 13.3 Å². The highest BCUT2D eigenvalue weighted by Crippen LogP contribution is 2.43. The minimum Gasteiger partial charge on any atom is -0.462 e. The average molecular weight is 619 g/mol. The number of aliphatic hydroxyl groups is 2. The number of carbonyl (C=O) groups is 2. The zero-order chi connectivity index (χ0) is 31.9. The molecule has 0 fully saturated rings. The lowest BCUT2D eigenvalue weighted by Gasteiger charge is -2.24. The summed E-state index contributed by atoms with van der Waals surface area (Å²) in [6.45, 7) is 2.82. The Labute approximate surface area is 251 Å². The van der Waals surface area contributed by atoms with Gasteiger partial charge in [0.1, 0.15) is 19.8 Å². The van der Waals surface area contributed by atoms with Crippen molar-refractivity contribution in [1.29, 1.82) is 0 Å². The average Bonchev–Trinajstić information content (AvgIpc) is 2.89. The van der Waals surface area contributed by atoms with Crippen molar-refractivity contribution in [1.82, 2.24) is 0 Å². The fourth-order valence-electron chi connectivity index (χ4n) is 3.27. The molecule has 0 radical (unpaired) electrons. The number of rotatable bonds is 24. The quantitative estimate of drug-likeness (QED) is 0.0616. The highest BCUT2D eigenvalue weighted by atomic mass is 31.2. The molecule has 12 heteroatoms. The topological polar surface area (TPSA) is 149 Å². The number of aliphatic hydroxyl groups excluding tert-OH is 2. The van der Waals surface area contributed by atoms with Crippen molar-refractivity contribution in [2.75, 3.05) is 47.5 Å². The van der Waals surface area contributed by atoms with Crippen molar-refractivity contribution < 1.29 is 52.3 Å². The van der Waals surface area contributed by atoms with E-state index >= 15 is 0 Å². The highest BCUT2D eigenvalue weighted by molar-refractivity contribution is 7.47. The molecule has 0 bridgehead atoms. The van der Waals surface area contributed by atoms with E-state index in [-0.39, 0.29) is 32.5 Å². The third-order valence-corrected chi connectivity index (χ3v) is 6.61. The molecule has 0 aromatic heterocycles. The summed E-state index contributed by atoms with van der Waals surface area (Å²) < 4.78 is 32.5. The van der Waals surface area contributed by atoms with Gasteiger partial charge in [-0.2, -0.15) is 0 Å². The van der Waals surface area contributed by atoms with Gasteiger partial charge in [0.2, 0.25) is 0 Å². The number of nitrogens with zero attached hydrogens (tertiary/aromatic N) is 1. The predicted molar refractivity (Wildman–Crippen MR) is 162 cm³/mol. The zero-order valence-electron chi connectivity index (χ0n) is 25.9. The van der Waals surface area contributed by atoms with E-state index in [0.717, 1.165) is 32.6 Å². The van der Waals surface area contributed by atoms with Crippen molar-refractivity contribution >= 4 is 19.8 Å². The molecule has 0 saturated carbocycles. The summed E-state index contributed by atoms with van der Waals surface area (Å²) in [6.07, 6.45) is 17.6. The predicted octanol–water partition coefficient (Wildman–Crippen LogP) is 4.39. The fourth-order valence-corrected chi connectivity index (χ4v) is 4.02. The smallest absolute Gasteiger partial charge is 0.462 e.